The maximum atomic E-state index is 11.8. The topological polar surface area (TPSA) is 58.4 Å². The Labute approximate surface area is 108 Å². The van der Waals surface area contributed by atoms with Crippen LogP contribution >= 0.6 is 0 Å². The first-order valence-electron chi connectivity index (χ1n) is 6.49. The minimum absolute atomic E-state index is 0.0784. The zero-order chi connectivity index (χ0) is 13.1. The van der Waals surface area contributed by atoms with Crippen molar-refractivity contribution < 1.29 is 4.79 Å². The molecule has 0 radical (unpaired) electrons. The number of hydrogen-bond donors (Lipinski definition) is 2. The Hall–Kier alpha value is -1.71. The van der Waals surface area contributed by atoms with Crippen LogP contribution in [0, 0.1) is 0 Å². The van der Waals surface area contributed by atoms with Gasteiger partial charge in [-0.1, -0.05) is 0 Å². The van der Waals surface area contributed by atoms with E-state index in [4.69, 9.17) is 5.73 Å². The van der Waals surface area contributed by atoms with E-state index in [2.05, 4.69) is 10.2 Å². The van der Waals surface area contributed by atoms with Crippen LogP contribution in [-0.4, -0.2) is 25.0 Å². The number of hydrogen-bond acceptors (Lipinski definition) is 3. The molecule has 1 aromatic carbocycles. The summed E-state index contributed by atoms with van der Waals surface area (Å²) in [6.07, 6.45) is 2.12. The number of fused-ring (bicyclic) bond motifs is 1. The normalized spacial score (nSPS) is 14.5. The minimum atomic E-state index is 0.0784. The molecule has 0 bridgehead atoms. The highest BCUT2D eigenvalue weighted by molar-refractivity contribution is 5.82. The molecule has 1 aliphatic heterocycles. The van der Waals surface area contributed by atoms with Gasteiger partial charge in [0.05, 0.1) is 6.54 Å². The van der Waals surface area contributed by atoms with E-state index in [1.807, 2.05) is 32.0 Å². The van der Waals surface area contributed by atoms with Gasteiger partial charge in [-0.3, -0.25) is 4.79 Å². The number of nitrogens with zero attached hydrogens (tertiary/aromatic N) is 1. The second-order valence-electron chi connectivity index (χ2n) is 5.14. The first-order chi connectivity index (χ1) is 8.56. The molecule has 1 heterocycles. The molecule has 0 fully saturated rings. The Balaban J connectivity index is 2.10. The lowest BCUT2D eigenvalue weighted by molar-refractivity contribution is -0.120. The number of benzene rings is 1. The maximum Gasteiger partial charge on any atom is 0.239 e. The van der Waals surface area contributed by atoms with Crippen LogP contribution in [0.2, 0.25) is 0 Å². The number of carbonyl (C=O) groups is 1. The number of anilines is 2. The highest BCUT2D eigenvalue weighted by atomic mass is 16.2. The maximum absolute atomic E-state index is 11.8. The molecule has 1 amide bonds. The molecule has 0 aliphatic carbocycles. The van der Waals surface area contributed by atoms with Gasteiger partial charge in [0.1, 0.15) is 0 Å². The first kappa shape index (κ1) is 12.7. The molecule has 0 atom stereocenters. The summed E-state index contributed by atoms with van der Waals surface area (Å²) in [4.78, 5) is 14.0. The van der Waals surface area contributed by atoms with Crippen LogP contribution in [0.25, 0.3) is 0 Å². The van der Waals surface area contributed by atoms with Crippen LogP contribution in [0.15, 0.2) is 18.2 Å². The summed E-state index contributed by atoms with van der Waals surface area (Å²) in [5.74, 6) is 0.0784. The Morgan fingerprint density at radius 1 is 1.50 bits per heavy atom. The van der Waals surface area contributed by atoms with E-state index in [-0.39, 0.29) is 11.9 Å². The predicted molar refractivity (Wildman–Crippen MR) is 74.7 cm³/mol. The van der Waals surface area contributed by atoms with Gasteiger partial charge in [0, 0.05) is 24.0 Å². The largest absolute Gasteiger partial charge is 0.399 e. The number of rotatable bonds is 3. The fourth-order valence-corrected chi connectivity index (χ4v) is 2.40. The molecule has 1 aromatic rings. The van der Waals surface area contributed by atoms with Gasteiger partial charge in [-0.15, -0.1) is 0 Å². The first-order valence-corrected chi connectivity index (χ1v) is 6.49. The van der Waals surface area contributed by atoms with Crippen LogP contribution in [-0.2, 0) is 11.2 Å². The number of aryl methyl sites for hydroxylation is 1. The summed E-state index contributed by atoms with van der Waals surface area (Å²) in [5.41, 5.74) is 8.99. The molecule has 98 valence electrons. The lowest BCUT2D eigenvalue weighted by Crippen LogP contribution is -2.42. The van der Waals surface area contributed by atoms with Gasteiger partial charge in [0.25, 0.3) is 0 Å². The van der Waals surface area contributed by atoms with E-state index >= 15 is 0 Å². The van der Waals surface area contributed by atoms with Gasteiger partial charge in [-0.05, 0) is 50.5 Å². The predicted octanol–water partition coefficient (Wildman–Crippen LogP) is 1.55. The van der Waals surface area contributed by atoms with Crippen LogP contribution in [0.5, 0.6) is 0 Å². The molecule has 0 saturated heterocycles. The summed E-state index contributed by atoms with van der Waals surface area (Å²) < 4.78 is 0. The van der Waals surface area contributed by atoms with Crippen LogP contribution in [0.4, 0.5) is 11.4 Å². The molecule has 4 heteroatoms. The lowest BCUT2D eigenvalue weighted by atomic mass is 10.0. The second kappa shape index (κ2) is 5.29. The molecular formula is C14H21N3O. The number of nitrogen functional groups attached to an aromatic ring is 1. The Morgan fingerprint density at radius 3 is 3.00 bits per heavy atom. The van der Waals surface area contributed by atoms with Crippen molar-refractivity contribution in [3.63, 3.8) is 0 Å². The number of amides is 1. The molecule has 4 nitrogen and oxygen atoms in total. The number of carbonyl (C=O) groups excluding carboxylic acids is 1. The number of nitrogens with one attached hydrogen (secondary N) is 1. The van der Waals surface area contributed by atoms with E-state index in [0.717, 1.165) is 30.8 Å². The van der Waals surface area contributed by atoms with Crippen molar-refractivity contribution >= 4 is 17.3 Å². The third kappa shape index (κ3) is 2.94. The summed E-state index contributed by atoms with van der Waals surface area (Å²) in [5, 5.41) is 2.93. The molecule has 2 rings (SSSR count). The second-order valence-corrected chi connectivity index (χ2v) is 5.14. The summed E-state index contributed by atoms with van der Waals surface area (Å²) in [6.45, 7) is 5.31. The van der Waals surface area contributed by atoms with Gasteiger partial charge < -0.3 is 16.0 Å². The summed E-state index contributed by atoms with van der Waals surface area (Å²) >= 11 is 0. The SMILES string of the molecule is CC(C)NC(=O)CN1CCCc2cc(N)ccc21. The smallest absolute Gasteiger partial charge is 0.239 e. The van der Waals surface area contributed by atoms with Crippen LogP contribution in [0.3, 0.4) is 0 Å². The average Bonchev–Trinajstić information content (AvgIpc) is 2.27. The molecule has 0 spiro atoms. The molecule has 0 saturated carbocycles. The molecule has 1 aliphatic rings. The zero-order valence-corrected chi connectivity index (χ0v) is 11.1. The summed E-state index contributed by atoms with van der Waals surface area (Å²) in [6, 6.07) is 6.12. The van der Waals surface area contributed by atoms with E-state index in [1.165, 1.54) is 5.56 Å². The van der Waals surface area contributed by atoms with E-state index in [1.54, 1.807) is 0 Å². The lowest BCUT2D eigenvalue weighted by Gasteiger charge is -2.31. The fourth-order valence-electron chi connectivity index (χ4n) is 2.40. The van der Waals surface area contributed by atoms with Gasteiger partial charge in [0.15, 0.2) is 0 Å². The third-order valence-corrected chi connectivity index (χ3v) is 3.10. The van der Waals surface area contributed by atoms with Gasteiger partial charge in [-0.2, -0.15) is 0 Å². The van der Waals surface area contributed by atoms with Crippen LogP contribution in [0.1, 0.15) is 25.8 Å². The summed E-state index contributed by atoms with van der Waals surface area (Å²) in [7, 11) is 0. The van der Waals surface area contributed by atoms with Crippen molar-refractivity contribution in [2.24, 2.45) is 0 Å². The van der Waals surface area contributed by atoms with E-state index < -0.39 is 0 Å². The highest BCUT2D eigenvalue weighted by Gasteiger charge is 2.19. The van der Waals surface area contributed by atoms with E-state index in [0.29, 0.717) is 6.54 Å². The molecular weight excluding hydrogens is 226 g/mol. The van der Waals surface area contributed by atoms with Crippen molar-refractivity contribution in [2.45, 2.75) is 32.7 Å². The highest BCUT2D eigenvalue weighted by Crippen LogP contribution is 2.28. The Bertz CT molecular complexity index is 443. The van der Waals surface area contributed by atoms with Gasteiger partial charge in [-0.25, -0.2) is 0 Å². The van der Waals surface area contributed by atoms with Crippen molar-refractivity contribution in [3.05, 3.63) is 23.8 Å². The average molecular weight is 247 g/mol. The quantitative estimate of drug-likeness (QED) is 0.797. The van der Waals surface area contributed by atoms with Crippen molar-refractivity contribution in [3.8, 4) is 0 Å². The monoisotopic (exact) mass is 247 g/mol. The van der Waals surface area contributed by atoms with Crippen molar-refractivity contribution in [1.82, 2.24) is 5.32 Å². The Kier molecular flexibility index (Phi) is 3.75. The molecule has 3 N–H and O–H groups in total. The fraction of sp³-hybridized carbons (Fsp3) is 0.500. The van der Waals surface area contributed by atoms with Gasteiger partial charge in [0.2, 0.25) is 5.91 Å². The zero-order valence-electron chi connectivity index (χ0n) is 11.1. The third-order valence-electron chi connectivity index (χ3n) is 3.10. The van der Waals surface area contributed by atoms with Gasteiger partial charge >= 0.3 is 0 Å². The van der Waals surface area contributed by atoms with Crippen LogP contribution < -0.4 is 16.0 Å². The Morgan fingerprint density at radius 2 is 2.28 bits per heavy atom. The number of nitrogens with two attached hydrogens (primary N) is 1. The van der Waals surface area contributed by atoms with Crippen molar-refractivity contribution in [2.75, 3.05) is 23.7 Å². The molecule has 18 heavy (non-hydrogen) atoms. The molecule has 0 aromatic heterocycles. The van der Waals surface area contributed by atoms with Crippen molar-refractivity contribution in [1.29, 1.82) is 0 Å². The minimum Gasteiger partial charge on any atom is -0.399 e. The standard InChI is InChI=1S/C14H21N3O/c1-10(2)16-14(18)9-17-7-3-4-11-8-12(15)5-6-13(11)17/h5-6,8,10H,3-4,7,9,15H2,1-2H3,(H,16,18). The molecule has 0 unspecified atom stereocenters. The van der Waals surface area contributed by atoms with E-state index in [9.17, 15) is 4.79 Å².